The fourth-order valence-corrected chi connectivity index (χ4v) is 12.1. The zero-order valence-electron chi connectivity index (χ0n) is 57.1. The van der Waals surface area contributed by atoms with Crippen LogP contribution in [0.1, 0.15) is 131 Å². The summed E-state index contributed by atoms with van der Waals surface area (Å²) >= 11 is 0. The summed E-state index contributed by atoms with van der Waals surface area (Å²) < 4.78 is 23.1. The lowest BCUT2D eigenvalue weighted by Gasteiger charge is -2.41. The van der Waals surface area contributed by atoms with Gasteiger partial charge in [-0.3, -0.25) is 48.1 Å². The van der Waals surface area contributed by atoms with E-state index in [0.29, 0.717) is 49.9 Å². The van der Waals surface area contributed by atoms with E-state index in [1.807, 2.05) is 90.9 Å². The normalized spacial score (nSPS) is 19.0. The highest BCUT2D eigenvalue weighted by molar-refractivity contribution is 5.98. The summed E-state index contributed by atoms with van der Waals surface area (Å²) in [6.07, 6.45) is 0.871. The van der Waals surface area contributed by atoms with Crippen LogP contribution in [0.5, 0.6) is 0 Å². The largest absolute Gasteiger partial charge is 0.481 e. The third-order valence-corrected chi connectivity index (χ3v) is 17.6. The zero-order chi connectivity index (χ0) is 69.2. The van der Waals surface area contributed by atoms with Crippen molar-refractivity contribution < 1.29 is 72.0 Å². The zero-order valence-corrected chi connectivity index (χ0v) is 57.1. The first-order valence-corrected chi connectivity index (χ1v) is 32.7. The summed E-state index contributed by atoms with van der Waals surface area (Å²) in [6, 6.07) is 9.67. The first kappa shape index (κ1) is 78.2. The lowest BCUT2D eigenvalue weighted by atomic mass is 9.89. The number of carboxylic acids is 1. The van der Waals surface area contributed by atoms with Gasteiger partial charge in [-0.15, -0.1) is 0 Å². The van der Waals surface area contributed by atoms with E-state index >= 15 is 0 Å². The average Bonchev–Trinajstić information content (AvgIpc) is 1.82. The molecule has 10 N–H and O–H groups in total. The number of amides is 10. The van der Waals surface area contributed by atoms with Gasteiger partial charge in [0.15, 0.2) is 6.29 Å². The molecule has 10 amide bonds. The molecule has 4 rings (SSSR count). The number of nitrogens with one attached hydrogen (secondary N) is 7. The molecule has 0 radical (unpaired) electrons. The van der Waals surface area contributed by atoms with E-state index in [0.717, 1.165) is 5.56 Å². The second-order valence-electron chi connectivity index (χ2n) is 25.9. The van der Waals surface area contributed by atoms with Crippen molar-refractivity contribution in [1.29, 1.82) is 0 Å². The Balaban J connectivity index is 1.43. The summed E-state index contributed by atoms with van der Waals surface area (Å²) in [5.41, 5.74) is 7.07. The highest BCUT2D eigenvalue weighted by Crippen LogP contribution is 2.30. The first-order valence-electron chi connectivity index (χ1n) is 32.7. The molecule has 2 aromatic carbocycles. The standard InChI is InChI=1S/C67H107N11O15/c1-15-42(8)58(77(12)65(86)56(40(4)5)75-64(85)57(41(6)7)76(10)11)51(90-13)35-53(80)78-33-21-25-50(78)59(91-14)43(9)60(81)73-49(34-44-22-17-16-18-23-44)61(82)70-36-45-28-30-47(31-29-45)71-62(83)48(24-20-32-69-67(68)89)72-63(84)55(39(2)3)74-52(79)26-19-27-54-92-37-46(38-93-54)66(87)88/h16-18,22-23,28-31,39-43,46,48-51,54-59H,15,19-21,24-27,32-38H2,1-14H3,(H,70,82)(H,71,83)(H,72,84)(H,73,81)(H,74,79)(H,75,85)(H,87,88)(H3,68,69,89)/t42-,43+,46?,48-,49-,50?,51+,54?,55-,56-,57-,58-,59+/m0/s1. The lowest BCUT2D eigenvalue weighted by molar-refractivity contribution is -0.209. The Morgan fingerprint density at radius 2 is 1.34 bits per heavy atom. The van der Waals surface area contributed by atoms with Crippen molar-refractivity contribution in [2.45, 2.75) is 194 Å². The monoisotopic (exact) mass is 1310 g/mol. The van der Waals surface area contributed by atoms with Gasteiger partial charge in [0.1, 0.15) is 30.1 Å². The number of benzene rings is 2. The summed E-state index contributed by atoms with van der Waals surface area (Å²) in [4.78, 5) is 140. The first-order chi connectivity index (χ1) is 44.0. The highest BCUT2D eigenvalue weighted by Gasteiger charge is 2.44. The number of carbonyl (C=O) groups is 10. The van der Waals surface area contributed by atoms with Gasteiger partial charge in [0.05, 0.1) is 55.9 Å². The summed E-state index contributed by atoms with van der Waals surface area (Å²) in [6.45, 7) is 17.5. The van der Waals surface area contributed by atoms with Crippen molar-refractivity contribution in [2.75, 3.05) is 67.0 Å². The van der Waals surface area contributed by atoms with Crippen molar-refractivity contribution in [2.24, 2.45) is 41.2 Å². The van der Waals surface area contributed by atoms with E-state index in [9.17, 15) is 53.1 Å². The third kappa shape index (κ3) is 24.2. The van der Waals surface area contributed by atoms with Gasteiger partial charge >= 0.3 is 12.0 Å². The second kappa shape index (κ2) is 38.8. The van der Waals surface area contributed by atoms with E-state index in [-0.39, 0.29) is 99.8 Å². The Hall–Kier alpha value is -7.26. The smallest absolute Gasteiger partial charge is 0.312 e. The number of carbonyl (C=O) groups excluding carboxylic acids is 9. The fourth-order valence-electron chi connectivity index (χ4n) is 12.1. The Labute approximate surface area is 549 Å². The van der Waals surface area contributed by atoms with Crippen LogP contribution in [0.25, 0.3) is 0 Å². The number of urea groups is 1. The van der Waals surface area contributed by atoms with Crippen LogP contribution >= 0.6 is 0 Å². The van der Waals surface area contributed by atoms with Crippen LogP contribution in [0.4, 0.5) is 10.5 Å². The number of primary amides is 1. The predicted molar refractivity (Wildman–Crippen MR) is 350 cm³/mol. The topological polar surface area (TPSA) is 348 Å². The number of hydrogen-bond donors (Lipinski definition) is 9. The molecule has 520 valence electrons. The number of hydrogen-bond acceptors (Lipinski definition) is 15. The minimum absolute atomic E-state index is 0.00192. The SMILES string of the molecule is CC[C@H](C)[C@@H]([C@@H](CC(=O)N1CCCC1[C@H](OC)[C@@H](C)C(=O)N[C@@H](Cc1ccccc1)C(=O)NCc1ccc(NC(=O)[C@H](CCCNC(N)=O)NC(=O)[C@@H](NC(=O)CCCC2OCC(C(=O)O)CO2)C(C)C)cc1)OC)N(C)C(=O)[C@@H](NC(=O)[C@H](C(C)C)N(C)C)C(C)C. The van der Waals surface area contributed by atoms with Gasteiger partial charge in [0, 0.05) is 59.4 Å². The molecule has 2 aliphatic heterocycles. The quantitative estimate of drug-likeness (QED) is 0.0430. The van der Waals surface area contributed by atoms with Gasteiger partial charge in [-0.05, 0) is 99.6 Å². The van der Waals surface area contributed by atoms with E-state index < -0.39 is 114 Å². The number of likely N-dealkylation sites (tertiary alicyclic amines) is 1. The minimum Gasteiger partial charge on any atom is -0.481 e. The maximum absolute atomic E-state index is 14.6. The van der Waals surface area contributed by atoms with Crippen LogP contribution in [0, 0.1) is 35.5 Å². The molecule has 11 atom stereocenters. The molecule has 2 saturated heterocycles. The number of anilines is 1. The molecule has 0 aliphatic carbocycles. The van der Waals surface area contributed by atoms with Gasteiger partial charge < -0.3 is 76.8 Å². The number of carboxylic acid groups (broad SMARTS) is 1. The van der Waals surface area contributed by atoms with Crippen molar-refractivity contribution in [3.8, 4) is 0 Å². The summed E-state index contributed by atoms with van der Waals surface area (Å²) in [5, 5.41) is 29.0. The lowest BCUT2D eigenvalue weighted by Crippen LogP contribution is -2.59. The number of nitrogens with zero attached hydrogens (tertiary/aromatic N) is 3. The van der Waals surface area contributed by atoms with Gasteiger partial charge in [0.2, 0.25) is 47.3 Å². The molecule has 2 aromatic rings. The number of aliphatic carboxylic acids is 1. The molecule has 1 unspecified atom stereocenters. The van der Waals surface area contributed by atoms with Gasteiger partial charge in [-0.1, -0.05) is 111 Å². The number of ether oxygens (including phenoxy) is 4. The summed E-state index contributed by atoms with van der Waals surface area (Å²) in [5.74, 6) is -6.62. The van der Waals surface area contributed by atoms with Crippen LogP contribution in [-0.2, 0) is 75.1 Å². The molecular weight excluding hydrogens is 1200 g/mol. The van der Waals surface area contributed by atoms with Gasteiger partial charge in [-0.25, -0.2) is 4.79 Å². The van der Waals surface area contributed by atoms with Gasteiger partial charge in [0.25, 0.3) is 0 Å². The summed E-state index contributed by atoms with van der Waals surface area (Å²) in [7, 11) is 8.39. The van der Waals surface area contributed by atoms with Crippen molar-refractivity contribution in [1.82, 2.24) is 46.6 Å². The van der Waals surface area contributed by atoms with E-state index in [4.69, 9.17) is 24.7 Å². The average molecular weight is 1310 g/mol. The third-order valence-electron chi connectivity index (χ3n) is 17.6. The Morgan fingerprint density at radius 1 is 0.710 bits per heavy atom. The van der Waals surface area contributed by atoms with Gasteiger partial charge in [-0.2, -0.15) is 0 Å². The Morgan fingerprint density at radius 3 is 1.90 bits per heavy atom. The molecule has 26 nitrogen and oxygen atoms in total. The van der Waals surface area contributed by atoms with Crippen LogP contribution < -0.4 is 43.0 Å². The van der Waals surface area contributed by atoms with E-state index in [2.05, 4.69) is 37.2 Å². The second-order valence-corrected chi connectivity index (χ2v) is 25.9. The minimum atomic E-state index is -1.11. The fraction of sp³-hybridized carbons (Fsp3) is 0.672. The molecule has 93 heavy (non-hydrogen) atoms. The number of methoxy groups -OCH3 is 2. The number of rotatable bonds is 38. The molecule has 0 bridgehead atoms. The van der Waals surface area contributed by atoms with Crippen LogP contribution in [-0.4, -0.2) is 202 Å². The molecule has 2 fully saturated rings. The highest BCUT2D eigenvalue weighted by atomic mass is 16.7. The molecular formula is C67H107N11O15. The molecule has 0 saturated carbocycles. The molecule has 0 spiro atoms. The molecule has 26 heteroatoms. The maximum atomic E-state index is 14.6. The Kier molecular flexibility index (Phi) is 32.6. The number of likely N-dealkylation sites (N-methyl/N-ethyl adjacent to an activating group) is 2. The molecule has 0 aromatic heterocycles. The molecule has 2 aliphatic rings. The van der Waals surface area contributed by atoms with E-state index in [1.54, 1.807) is 61.9 Å². The van der Waals surface area contributed by atoms with Crippen molar-refractivity contribution in [3.05, 3.63) is 65.7 Å². The molecule has 2 heterocycles. The van der Waals surface area contributed by atoms with Crippen LogP contribution in [0.15, 0.2) is 54.6 Å². The Bertz CT molecular complexity index is 2740. The predicted octanol–water partition coefficient (Wildman–Crippen LogP) is 3.93. The van der Waals surface area contributed by atoms with Crippen molar-refractivity contribution in [3.63, 3.8) is 0 Å². The van der Waals surface area contributed by atoms with Crippen LogP contribution in [0.3, 0.4) is 0 Å². The van der Waals surface area contributed by atoms with E-state index in [1.165, 1.54) is 14.2 Å². The number of nitrogens with two attached hydrogens (primary N) is 1. The van der Waals surface area contributed by atoms with Crippen molar-refractivity contribution >= 4 is 64.9 Å². The van der Waals surface area contributed by atoms with Crippen LogP contribution in [0.2, 0.25) is 0 Å². The maximum Gasteiger partial charge on any atom is 0.312 e.